The molecule has 1 atom stereocenters. The van der Waals surface area contributed by atoms with Crippen molar-refractivity contribution < 1.29 is 9.53 Å². The second kappa shape index (κ2) is 10.3. The number of aliphatic imine (C=N–C) groups is 1. The predicted octanol–water partition coefficient (Wildman–Crippen LogP) is 2.93. The van der Waals surface area contributed by atoms with E-state index in [-0.39, 0.29) is 12.0 Å². The maximum Gasteiger partial charge on any atom is 0.225 e. The molecule has 1 heterocycles. The molecule has 1 aromatic carbocycles. The summed E-state index contributed by atoms with van der Waals surface area (Å²) in [6.07, 6.45) is 6.78. The zero-order valence-electron chi connectivity index (χ0n) is 17.2. The third-order valence-corrected chi connectivity index (χ3v) is 5.74. The van der Waals surface area contributed by atoms with E-state index < -0.39 is 0 Å². The number of hydrogen-bond acceptors (Lipinski definition) is 3. The summed E-state index contributed by atoms with van der Waals surface area (Å²) < 4.78 is 5.41. The molecule has 0 radical (unpaired) electrons. The third kappa shape index (κ3) is 5.40. The molecule has 1 unspecified atom stereocenters. The predicted molar refractivity (Wildman–Crippen MR) is 113 cm³/mol. The number of carbonyl (C=O) groups is 1. The smallest absolute Gasteiger partial charge is 0.225 e. The summed E-state index contributed by atoms with van der Waals surface area (Å²) in [7, 11) is 1.68. The van der Waals surface area contributed by atoms with E-state index in [9.17, 15) is 4.79 Å². The lowest BCUT2D eigenvalue weighted by atomic mass is 9.88. The second-order valence-corrected chi connectivity index (χ2v) is 7.76. The summed E-state index contributed by atoms with van der Waals surface area (Å²) in [5.41, 5.74) is 1.06. The van der Waals surface area contributed by atoms with Gasteiger partial charge in [-0.1, -0.05) is 37.5 Å². The fourth-order valence-electron chi connectivity index (χ4n) is 4.20. The van der Waals surface area contributed by atoms with E-state index >= 15 is 0 Å². The van der Waals surface area contributed by atoms with E-state index in [1.54, 1.807) is 7.11 Å². The Morgan fingerprint density at radius 3 is 2.75 bits per heavy atom. The average molecular weight is 387 g/mol. The lowest BCUT2D eigenvalue weighted by Gasteiger charge is -2.26. The van der Waals surface area contributed by atoms with Gasteiger partial charge >= 0.3 is 0 Å². The minimum Gasteiger partial charge on any atom is -0.496 e. The number of hydrogen-bond donors (Lipinski definition) is 2. The van der Waals surface area contributed by atoms with Gasteiger partial charge in [0, 0.05) is 37.2 Å². The van der Waals surface area contributed by atoms with Gasteiger partial charge in [-0.2, -0.15) is 0 Å². The van der Waals surface area contributed by atoms with E-state index in [1.807, 2.05) is 24.3 Å². The number of nitrogens with one attached hydrogen (secondary N) is 2. The summed E-state index contributed by atoms with van der Waals surface area (Å²) in [4.78, 5) is 19.6. The highest BCUT2D eigenvalue weighted by molar-refractivity contribution is 5.81. The molecular weight excluding hydrogens is 352 g/mol. The van der Waals surface area contributed by atoms with Crippen LogP contribution in [-0.2, 0) is 11.3 Å². The molecule has 1 aliphatic heterocycles. The molecule has 2 aliphatic rings. The fourth-order valence-corrected chi connectivity index (χ4v) is 4.20. The molecule has 2 N–H and O–H groups in total. The van der Waals surface area contributed by atoms with Crippen LogP contribution in [0.2, 0.25) is 0 Å². The van der Waals surface area contributed by atoms with Crippen LogP contribution in [0.15, 0.2) is 29.3 Å². The Balaban J connectivity index is 1.56. The van der Waals surface area contributed by atoms with E-state index in [0.29, 0.717) is 12.5 Å². The highest BCUT2D eigenvalue weighted by atomic mass is 16.5. The van der Waals surface area contributed by atoms with Crippen LogP contribution >= 0.6 is 0 Å². The van der Waals surface area contributed by atoms with Gasteiger partial charge in [0.15, 0.2) is 5.96 Å². The second-order valence-electron chi connectivity index (χ2n) is 7.76. The van der Waals surface area contributed by atoms with Crippen LogP contribution < -0.4 is 15.4 Å². The van der Waals surface area contributed by atoms with Crippen LogP contribution in [0, 0.1) is 5.92 Å². The van der Waals surface area contributed by atoms with Crippen molar-refractivity contribution in [1.82, 2.24) is 15.5 Å². The number of benzene rings is 1. The first-order chi connectivity index (χ1) is 13.7. The summed E-state index contributed by atoms with van der Waals surface area (Å²) in [5.74, 6) is 2.26. The summed E-state index contributed by atoms with van der Waals surface area (Å²) in [5, 5.41) is 6.84. The van der Waals surface area contributed by atoms with Crippen molar-refractivity contribution in [3.63, 3.8) is 0 Å². The number of amides is 1. The molecule has 1 saturated heterocycles. The number of likely N-dealkylation sites (tertiary alicyclic amines) is 1. The molecule has 6 nitrogen and oxygen atoms in total. The number of para-hydroxylation sites is 1. The number of guanidine groups is 1. The van der Waals surface area contributed by atoms with E-state index in [2.05, 4.69) is 22.5 Å². The maximum absolute atomic E-state index is 12.8. The van der Waals surface area contributed by atoms with Gasteiger partial charge in [-0.25, -0.2) is 4.99 Å². The van der Waals surface area contributed by atoms with Crippen molar-refractivity contribution in [3.8, 4) is 5.75 Å². The lowest BCUT2D eigenvalue weighted by Crippen LogP contribution is -2.45. The normalized spacial score (nSPS) is 20.9. The largest absolute Gasteiger partial charge is 0.496 e. The molecule has 0 spiro atoms. The molecule has 0 aromatic heterocycles. The van der Waals surface area contributed by atoms with Gasteiger partial charge in [0.25, 0.3) is 0 Å². The number of nitrogens with zero attached hydrogens (tertiary/aromatic N) is 2. The highest BCUT2D eigenvalue weighted by Gasteiger charge is 2.31. The minimum atomic E-state index is 0.250. The molecule has 1 aliphatic carbocycles. The van der Waals surface area contributed by atoms with Crippen LogP contribution in [-0.4, -0.2) is 49.6 Å². The number of ether oxygens (including phenoxy) is 1. The van der Waals surface area contributed by atoms with Gasteiger partial charge in [-0.3, -0.25) is 4.79 Å². The Bertz CT molecular complexity index is 670. The first kappa shape index (κ1) is 20.5. The monoisotopic (exact) mass is 386 g/mol. The van der Waals surface area contributed by atoms with E-state index in [1.165, 1.54) is 19.3 Å². The molecule has 6 heteroatoms. The molecule has 154 valence electrons. The Kier molecular flexibility index (Phi) is 7.57. The van der Waals surface area contributed by atoms with Gasteiger partial charge in [-0.05, 0) is 32.3 Å². The SMILES string of the molecule is CCNC(=NCc1ccccc1OC)NC1CCN(C(=O)C2CCCCC2)C1. The molecular formula is C22H34N4O2. The lowest BCUT2D eigenvalue weighted by molar-refractivity contribution is -0.135. The van der Waals surface area contributed by atoms with Crippen LogP contribution in [0.25, 0.3) is 0 Å². The van der Waals surface area contributed by atoms with Crippen LogP contribution in [0.3, 0.4) is 0 Å². The molecule has 28 heavy (non-hydrogen) atoms. The third-order valence-electron chi connectivity index (χ3n) is 5.74. The highest BCUT2D eigenvalue weighted by Crippen LogP contribution is 2.26. The van der Waals surface area contributed by atoms with Crippen molar-refractivity contribution in [2.75, 3.05) is 26.7 Å². The van der Waals surface area contributed by atoms with Crippen molar-refractivity contribution in [3.05, 3.63) is 29.8 Å². The quantitative estimate of drug-likeness (QED) is 0.583. The fraction of sp³-hybridized carbons (Fsp3) is 0.636. The van der Waals surface area contributed by atoms with Gasteiger partial charge in [-0.15, -0.1) is 0 Å². The van der Waals surface area contributed by atoms with Crippen molar-refractivity contribution >= 4 is 11.9 Å². The van der Waals surface area contributed by atoms with Crippen molar-refractivity contribution in [1.29, 1.82) is 0 Å². The Hall–Kier alpha value is -2.24. The van der Waals surface area contributed by atoms with Gasteiger partial charge < -0.3 is 20.3 Å². The summed E-state index contributed by atoms with van der Waals surface area (Å²) >= 11 is 0. The zero-order valence-corrected chi connectivity index (χ0v) is 17.2. The average Bonchev–Trinajstić information content (AvgIpc) is 3.21. The first-order valence-corrected chi connectivity index (χ1v) is 10.7. The molecule has 3 rings (SSSR count). The van der Waals surface area contributed by atoms with Gasteiger partial charge in [0.2, 0.25) is 5.91 Å². The molecule has 0 bridgehead atoms. The molecule has 2 fully saturated rings. The first-order valence-electron chi connectivity index (χ1n) is 10.7. The van der Waals surface area contributed by atoms with Crippen LogP contribution in [0.5, 0.6) is 5.75 Å². The van der Waals surface area contributed by atoms with Crippen LogP contribution in [0.4, 0.5) is 0 Å². The van der Waals surface area contributed by atoms with Gasteiger partial charge in [0.05, 0.1) is 13.7 Å². The Morgan fingerprint density at radius 2 is 2.00 bits per heavy atom. The molecule has 1 aromatic rings. The standard InChI is InChI=1S/C22H34N4O2/c1-3-23-22(24-15-18-11-7-8-12-20(18)28-2)25-19-13-14-26(16-19)21(27)17-9-5-4-6-10-17/h7-8,11-12,17,19H,3-6,9-10,13-16H2,1-2H3,(H2,23,24,25). The Morgan fingerprint density at radius 1 is 1.21 bits per heavy atom. The molecule has 1 saturated carbocycles. The molecule has 1 amide bonds. The number of carbonyl (C=O) groups excluding carboxylic acids is 1. The number of rotatable bonds is 6. The topological polar surface area (TPSA) is 66.0 Å². The van der Waals surface area contributed by atoms with Crippen LogP contribution in [0.1, 0.15) is 51.0 Å². The zero-order chi connectivity index (χ0) is 19.8. The van der Waals surface area contributed by atoms with E-state index in [4.69, 9.17) is 9.73 Å². The maximum atomic E-state index is 12.8. The van der Waals surface area contributed by atoms with Crippen molar-refractivity contribution in [2.45, 2.75) is 58.0 Å². The number of methoxy groups -OCH3 is 1. The Labute approximate surface area is 168 Å². The summed E-state index contributed by atoms with van der Waals surface area (Å²) in [6, 6.07) is 8.21. The minimum absolute atomic E-state index is 0.250. The summed E-state index contributed by atoms with van der Waals surface area (Å²) in [6.45, 7) is 5.03. The van der Waals surface area contributed by atoms with Gasteiger partial charge in [0.1, 0.15) is 5.75 Å². The van der Waals surface area contributed by atoms with E-state index in [0.717, 1.165) is 56.2 Å². The van der Waals surface area contributed by atoms with Crippen molar-refractivity contribution in [2.24, 2.45) is 10.9 Å².